The fraction of sp³-hybridized carbons (Fsp3) is 0.263. The Balaban J connectivity index is 1.92. The molecule has 0 aliphatic carbocycles. The van der Waals surface area contributed by atoms with Crippen LogP contribution >= 0.6 is 0 Å². The largest absolute Gasteiger partial charge is 0.416 e. The topological polar surface area (TPSA) is 24.7 Å². The number of nitrogens with zero attached hydrogens (tertiary/aromatic N) is 2. The monoisotopic (exact) mass is 332 g/mol. The number of halogens is 3. The van der Waals surface area contributed by atoms with E-state index in [0.29, 0.717) is 5.56 Å². The lowest BCUT2D eigenvalue weighted by atomic mass is 10.1. The average Bonchev–Trinajstić information content (AvgIpc) is 2.57. The molecule has 0 aromatic heterocycles. The molecule has 0 spiro atoms. The van der Waals surface area contributed by atoms with Crippen LogP contribution in [0.1, 0.15) is 42.0 Å². The highest BCUT2D eigenvalue weighted by Gasteiger charge is 2.29. The Morgan fingerprint density at radius 2 is 1.33 bits per heavy atom. The van der Waals surface area contributed by atoms with Gasteiger partial charge in [0.25, 0.3) is 0 Å². The Kier molecular flexibility index (Phi) is 6.29. The second-order valence-corrected chi connectivity index (χ2v) is 5.45. The van der Waals surface area contributed by atoms with Gasteiger partial charge in [-0.1, -0.05) is 49.7 Å². The van der Waals surface area contributed by atoms with Crippen LogP contribution in [0.15, 0.2) is 58.7 Å². The molecule has 2 aromatic carbocycles. The molecule has 0 aliphatic rings. The van der Waals surface area contributed by atoms with Crippen LogP contribution in [0.5, 0.6) is 0 Å². The molecule has 5 heteroatoms. The zero-order chi connectivity index (χ0) is 17.4. The predicted molar refractivity (Wildman–Crippen MR) is 91.7 cm³/mol. The molecule has 2 aromatic rings. The second kappa shape index (κ2) is 8.43. The Morgan fingerprint density at radius 3 is 1.79 bits per heavy atom. The molecule has 126 valence electrons. The van der Waals surface area contributed by atoms with E-state index in [1.807, 2.05) is 12.1 Å². The second-order valence-electron chi connectivity index (χ2n) is 5.45. The van der Waals surface area contributed by atoms with Gasteiger partial charge >= 0.3 is 6.18 Å². The summed E-state index contributed by atoms with van der Waals surface area (Å²) in [6.07, 6.45) is 2.13. The van der Waals surface area contributed by atoms with Crippen LogP contribution in [0.4, 0.5) is 13.2 Å². The van der Waals surface area contributed by atoms with Gasteiger partial charge < -0.3 is 0 Å². The average molecular weight is 332 g/mol. The SMILES string of the molecule is CCCCc1ccc(/C=N/N=C/c2ccc(C(F)(F)F)cc2)cc1. The quantitative estimate of drug-likeness (QED) is 0.493. The standard InChI is InChI=1S/C19H19F3N2/c1-2-3-4-15-5-7-16(8-6-15)13-23-24-14-17-9-11-18(12-10-17)19(20,21)22/h5-14H,2-4H2,1H3/b23-13+,24-14+. The van der Waals surface area contributed by atoms with Crippen molar-refractivity contribution < 1.29 is 13.2 Å². The van der Waals surface area contributed by atoms with Crippen molar-refractivity contribution in [3.8, 4) is 0 Å². The van der Waals surface area contributed by atoms with Crippen molar-refractivity contribution in [1.82, 2.24) is 0 Å². The maximum Gasteiger partial charge on any atom is 0.416 e. The predicted octanol–water partition coefficient (Wildman–Crippen LogP) is 5.50. The van der Waals surface area contributed by atoms with Crippen molar-refractivity contribution in [3.05, 3.63) is 70.8 Å². The zero-order valence-electron chi connectivity index (χ0n) is 13.4. The van der Waals surface area contributed by atoms with Gasteiger partial charge in [-0.15, -0.1) is 0 Å². The molecule has 0 amide bonds. The number of benzene rings is 2. The minimum Gasteiger partial charge on any atom is -0.166 e. The van der Waals surface area contributed by atoms with Crippen molar-refractivity contribution in [2.45, 2.75) is 32.4 Å². The van der Waals surface area contributed by atoms with Crippen molar-refractivity contribution >= 4 is 12.4 Å². The summed E-state index contributed by atoms with van der Waals surface area (Å²) in [6.45, 7) is 2.16. The third-order valence-corrected chi connectivity index (χ3v) is 3.52. The highest BCUT2D eigenvalue weighted by molar-refractivity contribution is 5.82. The number of alkyl halides is 3. The molecule has 0 radical (unpaired) electrons. The summed E-state index contributed by atoms with van der Waals surface area (Å²) in [4.78, 5) is 0. The van der Waals surface area contributed by atoms with E-state index in [-0.39, 0.29) is 0 Å². The van der Waals surface area contributed by atoms with Crippen LogP contribution in [0.2, 0.25) is 0 Å². The molecule has 24 heavy (non-hydrogen) atoms. The third kappa shape index (κ3) is 5.65. The molecule has 2 rings (SSSR count). The van der Waals surface area contributed by atoms with Crippen molar-refractivity contribution in [2.75, 3.05) is 0 Å². The first-order chi connectivity index (χ1) is 11.5. The van der Waals surface area contributed by atoms with Gasteiger partial charge in [-0.05, 0) is 41.7 Å². The number of unbranched alkanes of at least 4 members (excludes halogenated alkanes) is 1. The first-order valence-electron chi connectivity index (χ1n) is 7.81. The van der Waals surface area contributed by atoms with E-state index in [1.165, 1.54) is 36.8 Å². The molecule has 0 aliphatic heterocycles. The van der Waals surface area contributed by atoms with Crippen molar-refractivity contribution in [1.29, 1.82) is 0 Å². The molecule has 0 atom stereocenters. The molecule has 0 saturated carbocycles. The number of rotatable bonds is 6. The van der Waals surface area contributed by atoms with Gasteiger partial charge in [-0.2, -0.15) is 23.4 Å². The molecule has 0 heterocycles. The molecule has 0 unspecified atom stereocenters. The van der Waals surface area contributed by atoms with Gasteiger partial charge in [0.15, 0.2) is 0 Å². The van der Waals surface area contributed by atoms with E-state index >= 15 is 0 Å². The first kappa shape index (κ1) is 17.9. The maximum absolute atomic E-state index is 12.5. The van der Waals surface area contributed by atoms with E-state index in [2.05, 4.69) is 29.3 Å². The van der Waals surface area contributed by atoms with E-state index in [1.54, 1.807) is 6.21 Å². The first-order valence-corrected chi connectivity index (χ1v) is 7.81. The molecule has 0 saturated heterocycles. The van der Waals surface area contributed by atoms with Crippen LogP contribution in [-0.2, 0) is 12.6 Å². The van der Waals surface area contributed by atoms with Gasteiger partial charge in [0.2, 0.25) is 0 Å². The summed E-state index contributed by atoms with van der Waals surface area (Å²) in [5.74, 6) is 0. The Hall–Kier alpha value is -2.43. The fourth-order valence-electron chi connectivity index (χ4n) is 2.11. The van der Waals surface area contributed by atoms with Crippen LogP contribution in [-0.4, -0.2) is 12.4 Å². The molecular weight excluding hydrogens is 313 g/mol. The van der Waals surface area contributed by atoms with Crippen LogP contribution in [0, 0.1) is 0 Å². The van der Waals surface area contributed by atoms with Crippen molar-refractivity contribution in [2.24, 2.45) is 10.2 Å². The lowest BCUT2D eigenvalue weighted by molar-refractivity contribution is -0.137. The minimum absolute atomic E-state index is 0.565. The summed E-state index contributed by atoms with van der Waals surface area (Å²) in [6, 6.07) is 12.9. The maximum atomic E-state index is 12.5. The van der Waals surface area contributed by atoms with E-state index in [9.17, 15) is 13.2 Å². The van der Waals surface area contributed by atoms with Gasteiger partial charge in [-0.25, -0.2) is 0 Å². The normalized spacial score (nSPS) is 12.3. The summed E-state index contributed by atoms with van der Waals surface area (Å²) >= 11 is 0. The summed E-state index contributed by atoms with van der Waals surface area (Å²) < 4.78 is 37.4. The Labute approximate surface area is 139 Å². The molecule has 0 bridgehead atoms. The van der Waals surface area contributed by atoms with Gasteiger partial charge in [0.05, 0.1) is 18.0 Å². The zero-order valence-corrected chi connectivity index (χ0v) is 13.4. The van der Waals surface area contributed by atoms with Crippen LogP contribution in [0.3, 0.4) is 0 Å². The number of hydrogen-bond donors (Lipinski definition) is 0. The van der Waals surface area contributed by atoms with E-state index in [4.69, 9.17) is 0 Å². The van der Waals surface area contributed by atoms with Crippen LogP contribution in [0.25, 0.3) is 0 Å². The van der Waals surface area contributed by atoms with Gasteiger partial charge in [0, 0.05) is 0 Å². The molecule has 0 N–H and O–H groups in total. The number of aryl methyl sites for hydroxylation is 1. The highest BCUT2D eigenvalue weighted by Crippen LogP contribution is 2.28. The minimum atomic E-state index is -4.32. The van der Waals surface area contributed by atoms with Gasteiger partial charge in [-0.3, -0.25) is 0 Å². The molecule has 0 fully saturated rings. The molecular formula is C19H19F3N2. The molecule has 2 nitrogen and oxygen atoms in total. The summed E-state index contributed by atoms with van der Waals surface area (Å²) in [5.41, 5.74) is 2.11. The Bertz CT molecular complexity index is 684. The van der Waals surface area contributed by atoms with E-state index < -0.39 is 11.7 Å². The Morgan fingerprint density at radius 1 is 0.833 bits per heavy atom. The smallest absolute Gasteiger partial charge is 0.166 e. The third-order valence-electron chi connectivity index (χ3n) is 3.52. The summed E-state index contributed by atoms with van der Waals surface area (Å²) in [5, 5.41) is 7.79. The highest BCUT2D eigenvalue weighted by atomic mass is 19.4. The lowest BCUT2D eigenvalue weighted by Crippen LogP contribution is -2.04. The summed E-state index contributed by atoms with van der Waals surface area (Å²) in [7, 11) is 0. The fourth-order valence-corrected chi connectivity index (χ4v) is 2.11. The van der Waals surface area contributed by atoms with E-state index in [0.717, 1.165) is 24.1 Å². The number of hydrogen-bond acceptors (Lipinski definition) is 2. The van der Waals surface area contributed by atoms with Crippen LogP contribution < -0.4 is 0 Å². The van der Waals surface area contributed by atoms with Crippen molar-refractivity contribution in [3.63, 3.8) is 0 Å². The van der Waals surface area contributed by atoms with Gasteiger partial charge in [0.1, 0.15) is 0 Å². The lowest BCUT2D eigenvalue weighted by Gasteiger charge is -2.05.